The van der Waals surface area contributed by atoms with Gasteiger partial charge in [0.15, 0.2) is 0 Å². The van der Waals surface area contributed by atoms with E-state index >= 15 is 0 Å². The topological polar surface area (TPSA) is 75.4 Å². The molecule has 1 aromatic carbocycles. The molecule has 2 unspecified atom stereocenters. The summed E-state index contributed by atoms with van der Waals surface area (Å²) in [6, 6.07) is 9.82. The predicted molar refractivity (Wildman–Crippen MR) is 81.2 cm³/mol. The van der Waals surface area contributed by atoms with E-state index in [1.807, 2.05) is 30.3 Å². The summed E-state index contributed by atoms with van der Waals surface area (Å²) in [6.45, 7) is 4.56. The largest absolute Gasteiger partial charge is 0.370 e. The van der Waals surface area contributed by atoms with Gasteiger partial charge in [0.05, 0.1) is 5.92 Å². The van der Waals surface area contributed by atoms with Crippen molar-refractivity contribution in [2.75, 3.05) is 19.6 Å². The lowest BCUT2D eigenvalue weighted by molar-refractivity contribution is -0.137. The minimum absolute atomic E-state index is 0.0124. The van der Waals surface area contributed by atoms with Crippen LogP contribution in [0.25, 0.3) is 0 Å². The molecule has 1 fully saturated rings. The fraction of sp³-hybridized carbons (Fsp3) is 0.500. The van der Waals surface area contributed by atoms with Crippen molar-refractivity contribution in [1.29, 1.82) is 0 Å². The Hall–Kier alpha value is -1.88. The number of hydrogen-bond acceptors (Lipinski definition) is 3. The van der Waals surface area contributed by atoms with Crippen LogP contribution in [-0.4, -0.2) is 36.3 Å². The number of benzene rings is 1. The Kier molecular flexibility index (Phi) is 5.33. The SMILES string of the molecule is CC1CNCC1C(=O)N(CCC(N)=O)Cc1ccccc1. The van der Waals surface area contributed by atoms with Crippen molar-refractivity contribution >= 4 is 11.8 Å². The van der Waals surface area contributed by atoms with E-state index in [2.05, 4.69) is 12.2 Å². The third-order valence-corrected chi connectivity index (χ3v) is 3.99. The number of carbonyl (C=O) groups excluding carboxylic acids is 2. The lowest BCUT2D eigenvalue weighted by Gasteiger charge is -2.27. The average Bonchev–Trinajstić information content (AvgIpc) is 2.90. The van der Waals surface area contributed by atoms with Crippen molar-refractivity contribution in [3.8, 4) is 0 Å². The Morgan fingerprint density at radius 3 is 2.57 bits per heavy atom. The number of carbonyl (C=O) groups is 2. The maximum atomic E-state index is 12.7. The molecule has 2 rings (SSSR count). The van der Waals surface area contributed by atoms with Crippen LogP contribution in [0.2, 0.25) is 0 Å². The molecule has 1 aromatic rings. The van der Waals surface area contributed by atoms with Crippen LogP contribution in [0, 0.1) is 11.8 Å². The maximum absolute atomic E-state index is 12.7. The zero-order valence-corrected chi connectivity index (χ0v) is 12.4. The van der Waals surface area contributed by atoms with E-state index < -0.39 is 0 Å². The molecule has 2 atom stereocenters. The number of hydrogen-bond donors (Lipinski definition) is 2. The molecule has 3 N–H and O–H groups in total. The van der Waals surface area contributed by atoms with Crippen molar-refractivity contribution < 1.29 is 9.59 Å². The zero-order chi connectivity index (χ0) is 15.2. The van der Waals surface area contributed by atoms with Gasteiger partial charge in [0.1, 0.15) is 0 Å². The first kappa shape index (κ1) is 15.5. The van der Waals surface area contributed by atoms with Crippen LogP contribution in [0.1, 0.15) is 18.9 Å². The first-order valence-electron chi connectivity index (χ1n) is 7.39. The molecule has 5 heteroatoms. The predicted octanol–water partition coefficient (Wildman–Crippen LogP) is 0.746. The number of amides is 2. The summed E-state index contributed by atoms with van der Waals surface area (Å²) < 4.78 is 0. The maximum Gasteiger partial charge on any atom is 0.227 e. The second kappa shape index (κ2) is 7.22. The van der Waals surface area contributed by atoms with E-state index in [0.717, 1.165) is 12.1 Å². The standard InChI is InChI=1S/C16H23N3O2/c1-12-9-18-10-14(12)16(21)19(8-7-15(17)20)11-13-5-3-2-4-6-13/h2-6,12,14,18H,7-11H2,1H3,(H2,17,20). The summed E-state index contributed by atoms with van der Waals surface area (Å²) in [5.41, 5.74) is 6.29. The highest BCUT2D eigenvalue weighted by molar-refractivity contribution is 5.81. The molecule has 0 bridgehead atoms. The Balaban J connectivity index is 2.07. The van der Waals surface area contributed by atoms with E-state index in [1.165, 1.54) is 0 Å². The smallest absolute Gasteiger partial charge is 0.227 e. The van der Waals surface area contributed by atoms with Gasteiger partial charge in [-0.25, -0.2) is 0 Å². The highest BCUT2D eigenvalue weighted by Crippen LogP contribution is 2.20. The highest BCUT2D eigenvalue weighted by atomic mass is 16.2. The molecule has 5 nitrogen and oxygen atoms in total. The van der Waals surface area contributed by atoms with E-state index in [1.54, 1.807) is 4.90 Å². The molecule has 0 aromatic heterocycles. The van der Waals surface area contributed by atoms with Gasteiger partial charge in [-0.05, 0) is 18.0 Å². The summed E-state index contributed by atoms with van der Waals surface area (Å²) in [7, 11) is 0. The van der Waals surface area contributed by atoms with Gasteiger partial charge in [-0.2, -0.15) is 0 Å². The van der Waals surface area contributed by atoms with Crippen molar-refractivity contribution in [2.24, 2.45) is 17.6 Å². The van der Waals surface area contributed by atoms with Crippen LogP contribution in [0.4, 0.5) is 0 Å². The molecule has 1 heterocycles. The summed E-state index contributed by atoms with van der Waals surface area (Å²) in [6.07, 6.45) is 0.201. The molecule has 0 radical (unpaired) electrons. The fourth-order valence-corrected chi connectivity index (χ4v) is 2.69. The van der Waals surface area contributed by atoms with Gasteiger partial charge >= 0.3 is 0 Å². The van der Waals surface area contributed by atoms with E-state index in [4.69, 9.17) is 5.73 Å². The molecule has 2 amide bonds. The zero-order valence-electron chi connectivity index (χ0n) is 12.4. The fourth-order valence-electron chi connectivity index (χ4n) is 2.69. The molecule has 21 heavy (non-hydrogen) atoms. The summed E-state index contributed by atoms with van der Waals surface area (Å²) in [4.78, 5) is 25.5. The monoisotopic (exact) mass is 289 g/mol. The summed E-state index contributed by atoms with van der Waals surface area (Å²) in [5, 5.41) is 3.25. The van der Waals surface area contributed by atoms with Crippen LogP contribution >= 0.6 is 0 Å². The second-order valence-corrected chi connectivity index (χ2v) is 5.70. The van der Waals surface area contributed by atoms with Gasteiger partial charge in [-0.3, -0.25) is 9.59 Å². The Labute approximate surface area is 125 Å². The third-order valence-electron chi connectivity index (χ3n) is 3.99. The molecule has 1 aliphatic heterocycles. The number of primary amides is 1. The Morgan fingerprint density at radius 1 is 1.29 bits per heavy atom. The van der Waals surface area contributed by atoms with E-state index in [0.29, 0.717) is 25.6 Å². The summed E-state index contributed by atoms with van der Waals surface area (Å²) >= 11 is 0. The van der Waals surface area contributed by atoms with Gasteiger partial charge in [-0.1, -0.05) is 37.3 Å². The van der Waals surface area contributed by atoms with E-state index in [-0.39, 0.29) is 24.2 Å². The average molecular weight is 289 g/mol. The molecule has 114 valence electrons. The van der Waals surface area contributed by atoms with Crippen LogP contribution < -0.4 is 11.1 Å². The van der Waals surface area contributed by atoms with E-state index in [9.17, 15) is 9.59 Å². The minimum atomic E-state index is -0.376. The minimum Gasteiger partial charge on any atom is -0.370 e. The van der Waals surface area contributed by atoms with Gasteiger partial charge in [-0.15, -0.1) is 0 Å². The van der Waals surface area contributed by atoms with Gasteiger partial charge in [0, 0.05) is 26.1 Å². The van der Waals surface area contributed by atoms with Crippen molar-refractivity contribution in [1.82, 2.24) is 10.2 Å². The normalized spacial score (nSPS) is 21.2. The number of nitrogens with zero attached hydrogens (tertiary/aromatic N) is 1. The van der Waals surface area contributed by atoms with Crippen molar-refractivity contribution in [3.05, 3.63) is 35.9 Å². The molecule has 1 aliphatic rings. The highest BCUT2D eigenvalue weighted by Gasteiger charge is 2.32. The number of nitrogens with one attached hydrogen (secondary N) is 1. The molecule has 1 saturated heterocycles. The van der Waals surface area contributed by atoms with Gasteiger partial charge in [0.2, 0.25) is 11.8 Å². The number of rotatable bonds is 6. The van der Waals surface area contributed by atoms with Crippen LogP contribution in [-0.2, 0) is 16.1 Å². The Bertz CT molecular complexity index is 490. The van der Waals surface area contributed by atoms with Crippen LogP contribution in [0.15, 0.2) is 30.3 Å². The number of nitrogens with two attached hydrogens (primary N) is 1. The van der Waals surface area contributed by atoms with Gasteiger partial charge < -0.3 is 16.0 Å². The quantitative estimate of drug-likeness (QED) is 0.811. The van der Waals surface area contributed by atoms with Gasteiger partial charge in [0.25, 0.3) is 0 Å². The molecule has 0 saturated carbocycles. The molecular weight excluding hydrogens is 266 g/mol. The van der Waals surface area contributed by atoms with Crippen molar-refractivity contribution in [2.45, 2.75) is 19.9 Å². The molecule has 0 spiro atoms. The lowest BCUT2D eigenvalue weighted by atomic mass is 9.96. The van der Waals surface area contributed by atoms with Crippen molar-refractivity contribution in [3.63, 3.8) is 0 Å². The van der Waals surface area contributed by atoms with Crippen LogP contribution in [0.5, 0.6) is 0 Å². The lowest BCUT2D eigenvalue weighted by Crippen LogP contribution is -2.40. The molecule has 0 aliphatic carbocycles. The second-order valence-electron chi connectivity index (χ2n) is 5.70. The first-order chi connectivity index (χ1) is 10.1. The first-order valence-corrected chi connectivity index (χ1v) is 7.39. The third kappa shape index (κ3) is 4.29. The summed E-state index contributed by atoms with van der Waals surface area (Å²) in [5.74, 6) is 0.0435. The Morgan fingerprint density at radius 2 is 2.00 bits per heavy atom. The molecular formula is C16H23N3O2. The van der Waals surface area contributed by atoms with Crippen LogP contribution in [0.3, 0.4) is 0 Å².